The molecule has 99 heavy (non-hydrogen) atoms. The van der Waals surface area contributed by atoms with Crippen LogP contribution in [0.4, 0.5) is 0 Å². The fourth-order valence-electron chi connectivity index (χ4n) is 16.1. The molecule has 6 heterocycles. The van der Waals surface area contributed by atoms with Crippen LogP contribution in [0.25, 0.3) is 204 Å². The van der Waals surface area contributed by atoms with Gasteiger partial charge in [0, 0.05) is 48.5 Å². The zero-order valence-electron chi connectivity index (χ0n) is 52.8. The molecular weight excluding hydrogens is 1210 g/mol. The Hall–Kier alpha value is -13.5. The maximum absolute atomic E-state index is 14.8. The van der Waals surface area contributed by atoms with Gasteiger partial charge in [0.15, 0.2) is 0 Å². The molecule has 0 spiro atoms. The Labute approximate surface area is 562 Å². The largest absolute Gasteiger partial charge is 0.268 e. The Bertz CT molecular complexity index is 7220. The highest BCUT2D eigenvalue weighted by molar-refractivity contribution is 6.22. The summed E-state index contributed by atoms with van der Waals surface area (Å²) >= 11 is 0. The first-order chi connectivity index (χ1) is 48.8. The average Bonchev–Trinajstić information content (AvgIpc) is 1.67. The summed E-state index contributed by atoms with van der Waals surface area (Å²) in [5.41, 5.74) is 23.0. The summed E-state index contributed by atoms with van der Waals surface area (Å²) in [5.74, 6) is 0. The smallest absolute Gasteiger partial charge is 0.264 e. The predicted molar refractivity (Wildman–Crippen MR) is 406 cm³/mol. The van der Waals surface area contributed by atoms with E-state index in [-0.39, 0.29) is 16.7 Å². The highest BCUT2D eigenvalue weighted by Gasteiger charge is 2.23. The van der Waals surface area contributed by atoms with Crippen LogP contribution in [0.1, 0.15) is 0 Å². The van der Waals surface area contributed by atoms with Crippen molar-refractivity contribution in [3.8, 4) is 89.0 Å². The summed E-state index contributed by atoms with van der Waals surface area (Å²) in [7, 11) is 0. The van der Waals surface area contributed by atoms with Crippen molar-refractivity contribution in [2.75, 3.05) is 0 Å². The molecule has 0 saturated carbocycles. The number of fused-ring (bicyclic) bond motifs is 12. The summed E-state index contributed by atoms with van der Waals surface area (Å²) in [6.45, 7) is 0. The molecule has 6 aromatic heterocycles. The Kier molecular flexibility index (Phi) is 11.5. The predicted octanol–water partition coefficient (Wildman–Crippen LogP) is 20.7. The summed E-state index contributed by atoms with van der Waals surface area (Å²) in [6.07, 6.45) is 0. The molecule has 0 aliphatic heterocycles. The van der Waals surface area contributed by atoms with E-state index < -0.39 is 0 Å². The Morgan fingerprint density at radius 3 is 0.939 bits per heavy atom. The molecule has 0 amide bonds. The Balaban J connectivity index is 0.577. The van der Waals surface area contributed by atoms with Gasteiger partial charge in [-0.3, -0.25) is 27.6 Å². The van der Waals surface area contributed by atoms with Gasteiger partial charge in [0.05, 0.1) is 33.1 Å². The van der Waals surface area contributed by atoms with Crippen molar-refractivity contribution in [1.82, 2.24) is 28.2 Å². The molecule has 21 aromatic rings. The lowest BCUT2D eigenvalue weighted by atomic mass is 9.92. The minimum Gasteiger partial charge on any atom is -0.268 e. The van der Waals surface area contributed by atoms with Crippen LogP contribution in [-0.4, -0.2) is 28.2 Å². The second-order valence-corrected chi connectivity index (χ2v) is 26.1. The summed E-state index contributed by atoms with van der Waals surface area (Å²) in [4.78, 5) is 59.3. The van der Waals surface area contributed by atoms with Gasteiger partial charge in [-0.05, 0) is 184 Å². The van der Waals surface area contributed by atoms with E-state index in [1.165, 1.54) is 0 Å². The maximum Gasteiger partial charge on any atom is 0.264 e. The van der Waals surface area contributed by atoms with Gasteiger partial charge in [0.1, 0.15) is 16.9 Å². The van der Waals surface area contributed by atoms with Gasteiger partial charge in [0.25, 0.3) is 16.7 Å². The number of benzene rings is 15. The van der Waals surface area contributed by atoms with Crippen LogP contribution in [0, 0.1) is 0 Å². The van der Waals surface area contributed by atoms with Crippen molar-refractivity contribution < 1.29 is 0 Å². The number of hydrogen-bond acceptors (Lipinski definition) is 6. The molecule has 15 aromatic carbocycles. The van der Waals surface area contributed by atoms with Crippen LogP contribution < -0.4 is 16.7 Å². The third-order valence-corrected chi connectivity index (χ3v) is 20.7. The van der Waals surface area contributed by atoms with Crippen molar-refractivity contribution in [3.63, 3.8) is 0 Å². The molecule has 0 aliphatic carbocycles. The number of imidazole rings is 3. The van der Waals surface area contributed by atoms with E-state index in [0.717, 1.165) is 171 Å². The molecule has 0 fully saturated rings. The summed E-state index contributed by atoms with van der Waals surface area (Å²) < 4.78 is 5.34. The van der Waals surface area contributed by atoms with Crippen LogP contribution in [0.15, 0.2) is 318 Å². The van der Waals surface area contributed by atoms with E-state index in [1.54, 1.807) is 13.2 Å². The van der Waals surface area contributed by atoms with E-state index in [4.69, 9.17) is 15.0 Å². The molecule has 9 nitrogen and oxygen atoms in total. The minimum absolute atomic E-state index is 0.0722. The number of hydrogen-bond donors (Lipinski definition) is 0. The first-order valence-corrected chi connectivity index (χ1v) is 33.3. The lowest BCUT2D eigenvalue weighted by Crippen LogP contribution is -2.13. The van der Waals surface area contributed by atoms with E-state index in [1.807, 2.05) is 78.9 Å². The molecule has 0 atom stereocenters. The SMILES string of the molecule is O=c1c2ccc(-c3ccccc3)c3cccc(c32)c2nc3cc(-c4cccc(-c5ccc(-c6ccc7c8c6cccc8c(=O)n6c8ccc(-c9cccc(-c%10cccc(-c%11ccc%12nc%13c%14cccc%15c(-c%16ccccc%16)ccc(c(=O)n%13c%12c%11)c%15%14)c%10)c9)cc8nc76)cc5)c4)ccc3n12. The van der Waals surface area contributed by atoms with Crippen molar-refractivity contribution in [1.29, 1.82) is 0 Å². The summed E-state index contributed by atoms with van der Waals surface area (Å²) in [5, 5.41) is 10.6. The fraction of sp³-hybridized carbons (Fsp3) is 0. The molecule has 0 saturated heterocycles. The molecule has 21 rings (SSSR count). The first kappa shape index (κ1) is 54.8. The van der Waals surface area contributed by atoms with Crippen LogP contribution in [0.3, 0.4) is 0 Å². The third-order valence-electron chi connectivity index (χ3n) is 20.7. The lowest BCUT2D eigenvalue weighted by molar-refractivity contribution is 1.19. The maximum atomic E-state index is 14.8. The third kappa shape index (κ3) is 8.10. The van der Waals surface area contributed by atoms with Crippen molar-refractivity contribution >= 4 is 115 Å². The second kappa shape index (κ2) is 20.8. The van der Waals surface area contributed by atoms with Crippen molar-refractivity contribution in [2.24, 2.45) is 0 Å². The number of aromatic nitrogens is 6. The molecule has 0 radical (unpaired) electrons. The van der Waals surface area contributed by atoms with Crippen molar-refractivity contribution in [3.05, 3.63) is 334 Å². The average molecular weight is 1260 g/mol. The van der Waals surface area contributed by atoms with Crippen LogP contribution in [0.5, 0.6) is 0 Å². The minimum atomic E-state index is -0.104. The van der Waals surface area contributed by atoms with E-state index in [2.05, 4.69) is 224 Å². The van der Waals surface area contributed by atoms with Crippen LogP contribution in [-0.2, 0) is 0 Å². The van der Waals surface area contributed by atoms with Gasteiger partial charge < -0.3 is 0 Å². The van der Waals surface area contributed by atoms with E-state index >= 15 is 0 Å². The van der Waals surface area contributed by atoms with Gasteiger partial charge in [-0.2, -0.15) is 0 Å². The van der Waals surface area contributed by atoms with Gasteiger partial charge in [-0.1, -0.05) is 224 Å². The van der Waals surface area contributed by atoms with Gasteiger partial charge in [-0.15, -0.1) is 0 Å². The fourth-order valence-corrected chi connectivity index (χ4v) is 16.1. The molecule has 9 heteroatoms. The molecule has 0 N–H and O–H groups in total. The molecular formula is C90H50N6O3. The van der Waals surface area contributed by atoms with Crippen LogP contribution in [0.2, 0.25) is 0 Å². The van der Waals surface area contributed by atoms with Crippen LogP contribution >= 0.6 is 0 Å². The Morgan fingerprint density at radius 1 is 0.192 bits per heavy atom. The standard InChI is InChI=1S/C90H50N6O3/c97-88-73-28-12-25-69-66(54-31-29-51(30-32-54)55-17-7-20-58(45-55)61-34-43-79-77(48-61)92-86-71-27-11-24-68-64(52-13-3-1-4-14-52)37-40-74(83(68)71)89(98)94(79)86)36-39-72(84(69)73)87-93-78-49-62(35-44-80(78)95(87)88)59-21-8-18-56(46-59)57-19-9-22-60(47-57)63-33-42-76-81(50-63)96-85(91-76)70-26-10-23-67-65(53-15-5-2-6-16-53)38-41-75(82(67)70)90(96)99/h1-50H. The zero-order valence-corrected chi connectivity index (χ0v) is 52.8. The molecule has 0 unspecified atom stereocenters. The van der Waals surface area contributed by atoms with Gasteiger partial charge in [-0.25, -0.2) is 15.0 Å². The number of rotatable bonds is 8. The summed E-state index contributed by atoms with van der Waals surface area (Å²) in [6, 6.07) is 104. The van der Waals surface area contributed by atoms with E-state index in [0.29, 0.717) is 33.1 Å². The first-order valence-electron chi connectivity index (χ1n) is 33.3. The highest BCUT2D eigenvalue weighted by Crippen LogP contribution is 2.42. The topological polar surface area (TPSA) is 103 Å². The number of pyridine rings is 3. The Morgan fingerprint density at radius 2 is 0.485 bits per heavy atom. The van der Waals surface area contributed by atoms with Gasteiger partial charge in [0.2, 0.25) is 0 Å². The quantitative estimate of drug-likeness (QED) is 0.150. The van der Waals surface area contributed by atoms with E-state index in [9.17, 15) is 14.4 Å². The lowest BCUT2D eigenvalue weighted by Gasteiger charge is -2.13. The molecule has 458 valence electrons. The highest BCUT2D eigenvalue weighted by atomic mass is 16.1. The van der Waals surface area contributed by atoms with Crippen molar-refractivity contribution in [2.45, 2.75) is 0 Å². The number of nitrogens with zero attached hydrogens (tertiary/aromatic N) is 6. The normalized spacial score (nSPS) is 12.2. The molecule has 0 bridgehead atoms. The monoisotopic (exact) mass is 1260 g/mol. The molecule has 0 aliphatic rings. The second-order valence-electron chi connectivity index (χ2n) is 26.1. The zero-order chi connectivity index (χ0) is 65.3. The van der Waals surface area contributed by atoms with Gasteiger partial charge >= 0.3 is 0 Å².